The van der Waals surface area contributed by atoms with Crippen LogP contribution in [0.1, 0.15) is 12.5 Å². The Labute approximate surface area is 82.6 Å². The first-order valence-corrected chi connectivity index (χ1v) is 4.24. The lowest BCUT2D eigenvalue weighted by molar-refractivity contribution is -0.157. The van der Waals surface area contributed by atoms with Crippen LogP contribution in [-0.4, -0.2) is 17.4 Å². The summed E-state index contributed by atoms with van der Waals surface area (Å²) in [6, 6.07) is 8.96. The highest BCUT2D eigenvalue weighted by Gasteiger charge is 2.12. The summed E-state index contributed by atoms with van der Waals surface area (Å²) < 4.78 is 4.58. The van der Waals surface area contributed by atoms with Crippen LogP contribution in [0.4, 0.5) is 0 Å². The fraction of sp³-hybridized carbons (Fsp3) is 0.182. The Morgan fingerprint density at radius 2 is 2.00 bits per heavy atom. The first-order valence-electron chi connectivity index (χ1n) is 4.24. The molecule has 0 spiro atoms. The molecule has 14 heavy (non-hydrogen) atoms. The van der Waals surface area contributed by atoms with Crippen molar-refractivity contribution in [3.8, 4) is 0 Å². The third-order valence-electron chi connectivity index (χ3n) is 1.65. The Morgan fingerprint density at radius 1 is 1.43 bits per heavy atom. The molecule has 1 unspecified atom stereocenters. The highest BCUT2D eigenvalue weighted by Crippen LogP contribution is 2.13. The van der Waals surface area contributed by atoms with Crippen molar-refractivity contribution in [1.82, 2.24) is 0 Å². The van der Waals surface area contributed by atoms with Gasteiger partial charge in [0.2, 0.25) is 0 Å². The van der Waals surface area contributed by atoms with E-state index in [1.54, 1.807) is 24.3 Å². The Hall–Kier alpha value is -1.61. The molecule has 0 radical (unpaired) electrons. The van der Waals surface area contributed by atoms with Crippen molar-refractivity contribution in [1.29, 1.82) is 0 Å². The zero-order chi connectivity index (χ0) is 10.6. The summed E-state index contributed by atoms with van der Waals surface area (Å²) in [5.74, 6) is -0.605. The normalized spacial score (nSPS) is 11.9. The molecule has 0 saturated carbocycles. The summed E-state index contributed by atoms with van der Waals surface area (Å²) in [6.45, 7) is 4.96. The zero-order valence-electron chi connectivity index (χ0n) is 7.93. The van der Waals surface area contributed by atoms with Crippen LogP contribution in [0, 0.1) is 0 Å². The minimum Gasteiger partial charge on any atom is -0.433 e. The number of aliphatic hydroxyl groups is 1. The largest absolute Gasteiger partial charge is 0.433 e. The standard InChI is InChI=1S/C11H12O3/c1-8(11(13)14-9(2)12)10-6-4-3-5-7-10/h3-7,9,12H,1H2,2H3. The summed E-state index contributed by atoms with van der Waals surface area (Å²) in [7, 11) is 0. The number of rotatable bonds is 3. The number of aliphatic hydroxyl groups excluding tert-OH is 1. The Balaban J connectivity index is 2.72. The molecule has 1 rings (SSSR count). The van der Waals surface area contributed by atoms with Crippen molar-refractivity contribution >= 4 is 11.5 Å². The molecule has 1 aromatic rings. The van der Waals surface area contributed by atoms with E-state index in [0.717, 1.165) is 0 Å². The van der Waals surface area contributed by atoms with Gasteiger partial charge in [0.15, 0.2) is 6.29 Å². The molecule has 0 bridgehead atoms. The SMILES string of the molecule is C=C(C(=O)OC(C)O)c1ccccc1. The monoisotopic (exact) mass is 192 g/mol. The van der Waals surface area contributed by atoms with E-state index in [4.69, 9.17) is 5.11 Å². The van der Waals surface area contributed by atoms with Gasteiger partial charge in [0.25, 0.3) is 0 Å². The summed E-state index contributed by atoms with van der Waals surface area (Å²) >= 11 is 0. The van der Waals surface area contributed by atoms with Gasteiger partial charge in [0, 0.05) is 0 Å². The van der Waals surface area contributed by atoms with Gasteiger partial charge < -0.3 is 9.84 Å². The van der Waals surface area contributed by atoms with Crippen molar-refractivity contribution in [3.05, 3.63) is 42.5 Å². The van der Waals surface area contributed by atoms with Gasteiger partial charge in [-0.05, 0) is 12.5 Å². The molecule has 74 valence electrons. The first kappa shape index (κ1) is 10.5. The highest BCUT2D eigenvalue weighted by atomic mass is 16.6. The molecule has 0 saturated heterocycles. The quantitative estimate of drug-likeness (QED) is 0.449. The molecule has 1 aromatic carbocycles. The number of ether oxygens (including phenoxy) is 1. The van der Waals surface area contributed by atoms with Crippen LogP contribution in [0.15, 0.2) is 36.9 Å². The molecule has 0 aliphatic heterocycles. The topological polar surface area (TPSA) is 46.5 Å². The van der Waals surface area contributed by atoms with Gasteiger partial charge in [-0.1, -0.05) is 36.9 Å². The summed E-state index contributed by atoms with van der Waals surface area (Å²) in [5, 5.41) is 8.83. The highest BCUT2D eigenvalue weighted by molar-refractivity contribution is 6.15. The molecular formula is C11H12O3. The molecule has 0 fully saturated rings. The number of carbonyl (C=O) groups excluding carboxylic acids is 1. The van der Waals surface area contributed by atoms with Crippen LogP contribution in [0.25, 0.3) is 5.57 Å². The lowest BCUT2D eigenvalue weighted by Gasteiger charge is -2.08. The predicted octanol–water partition coefficient (Wildman–Crippen LogP) is 1.58. The molecule has 1 atom stereocenters. The van der Waals surface area contributed by atoms with Crippen molar-refractivity contribution in [2.24, 2.45) is 0 Å². The fourth-order valence-corrected chi connectivity index (χ4v) is 0.983. The van der Waals surface area contributed by atoms with Gasteiger partial charge in [-0.25, -0.2) is 4.79 Å². The third-order valence-corrected chi connectivity index (χ3v) is 1.65. The summed E-state index contributed by atoms with van der Waals surface area (Å²) in [5.41, 5.74) is 0.935. The Bertz CT molecular complexity index is 328. The van der Waals surface area contributed by atoms with Gasteiger partial charge in [-0.15, -0.1) is 0 Å². The van der Waals surface area contributed by atoms with Gasteiger partial charge in [-0.3, -0.25) is 0 Å². The minimum absolute atomic E-state index is 0.242. The zero-order valence-corrected chi connectivity index (χ0v) is 7.93. The number of carbonyl (C=O) groups is 1. The molecule has 0 amide bonds. The Kier molecular flexibility index (Phi) is 3.42. The number of hydrogen-bond donors (Lipinski definition) is 1. The first-order chi connectivity index (χ1) is 6.61. The molecular weight excluding hydrogens is 180 g/mol. The smallest absolute Gasteiger partial charge is 0.340 e. The molecule has 0 aliphatic carbocycles. The van der Waals surface area contributed by atoms with Crippen molar-refractivity contribution in [2.75, 3.05) is 0 Å². The summed E-state index contributed by atoms with van der Waals surface area (Å²) in [4.78, 5) is 11.3. The fourth-order valence-electron chi connectivity index (χ4n) is 0.983. The van der Waals surface area contributed by atoms with E-state index >= 15 is 0 Å². The lowest BCUT2D eigenvalue weighted by atomic mass is 10.1. The minimum atomic E-state index is -1.11. The van der Waals surface area contributed by atoms with Gasteiger partial charge >= 0.3 is 5.97 Å². The van der Waals surface area contributed by atoms with Crippen LogP contribution in [0.5, 0.6) is 0 Å². The van der Waals surface area contributed by atoms with E-state index in [-0.39, 0.29) is 5.57 Å². The van der Waals surface area contributed by atoms with Gasteiger partial charge in [0.05, 0.1) is 5.57 Å². The van der Waals surface area contributed by atoms with E-state index in [2.05, 4.69) is 11.3 Å². The molecule has 3 heteroatoms. The van der Waals surface area contributed by atoms with Crippen LogP contribution < -0.4 is 0 Å². The van der Waals surface area contributed by atoms with Crippen molar-refractivity contribution < 1.29 is 14.6 Å². The average molecular weight is 192 g/mol. The van der Waals surface area contributed by atoms with E-state index in [9.17, 15) is 4.79 Å². The second-order valence-corrected chi connectivity index (χ2v) is 2.85. The van der Waals surface area contributed by atoms with Crippen LogP contribution in [0.2, 0.25) is 0 Å². The van der Waals surface area contributed by atoms with E-state index in [1.165, 1.54) is 6.92 Å². The van der Waals surface area contributed by atoms with E-state index in [0.29, 0.717) is 5.56 Å². The molecule has 0 heterocycles. The van der Waals surface area contributed by atoms with E-state index in [1.807, 2.05) is 6.07 Å². The number of benzene rings is 1. The molecule has 0 aliphatic rings. The van der Waals surface area contributed by atoms with Crippen molar-refractivity contribution in [3.63, 3.8) is 0 Å². The third kappa shape index (κ3) is 2.71. The lowest BCUT2D eigenvalue weighted by Crippen LogP contribution is -2.14. The van der Waals surface area contributed by atoms with Crippen LogP contribution in [0.3, 0.4) is 0 Å². The molecule has 3 nitrogen and oxygen atoms in total. The van der Waals surface area contributed by atoms with Crippen LogP contribution >= 0.6 is 0 Å². The second kappa shape index (κ2) is 4.58. The average Bonchev–Trinajstić information content (AvgIpc) is 2.17. The maximum absolute atomic E-state index is 11.3. The van der Waals surface area contributed by atoms with Gasteiger partial charge in [0.1, 0.15) is 0 Å². The van der Waals surface area contributed by atoms with Gasteiger partial charge in [-0.2, -0.15) is 0 Å². The van der Waals surface area contributed by atoms with E-state index < -0.39 is 12.3 Å². The number of esters is 1. The maximum Gasteiger partial charge on any atom is 0.340 e. The summed E-state index contributed by atoms with van der Waals surface area (Å²) in [6.07, 6.45) is -1.11. The second-order valence-electron chi connectivity index (χ2n) is 2.85. The maximum atomic E-state index is 11.3. The van der Waals surface area contributed by atoms with Crippen molar-refractivity contribution in [2.45, 2.75) is 13.2 Å². The Morgan fingerprint density at radius 3 is 2.50 bits per heavy atom. The molecule has 0 aromatic heterocycles. The predicted molar refractivity (Wildman–Crippen MR) is 53.2 cm³/mol. The molecule has 1 N–H and O–H groups in total. The van der Waals surface area contributed by atoms with Crippen LogP contribution in [-0.2, 0) is 9.53 Å². The number of hydrogen-bond acceptors (Lipinski definition) is 3.